The molecule has 1 saturated carbocycles. The molecule has 1 atom stereocenters. The normalized spacial score (nSPS) is 16.9. The maximum atomic E-state index is 3.64. The van der Waals surface area contributed by atoms with Gasteiger partial charge in [0, 0.05) is 25.2 Å². The van der Waals surface area contributed by atoms with Crippen LogP contribution in [0.1, 0.15) is 51.6 Å². The van der Waals surface area contributed by atoms with Gasteiger partial charge in [-0.1, -0.05) is 37.3 Å². The lowest BCUT2D eigenvalue weighted by molar-refractivity contribution is 0.201. The molecule has 1 aliphatic carbocycles. The average Bonchev–Trinajstić information content (AvgIpc) is 3.26. The van der Waals surface area contributed by atoms with Gasteiger partial charge in [-0.15, -0.1) is 0 Å². The number of rotatable bonds is 9. The minimum Gasteiger partial charge on any atom is -0.310 e. The second-order valence-electron chi connectivity index (χ2n) is 6.34. The zero-order valence-electron chi connectivity index (χ0n) is 13.3. The summed E-state index contributed by atoms with van der Waals surface area (Å²) in [4.78, 5) is 2.66. The lowest BCUT2D eigenvalue weighted by Gasteiger charge is -2.29. The van der Waals surface area contributed by atoms with E-state index in [1.165, 1.54) is 37.9 Å². The first kappa shape index (κ1) is 15.5. The molecule has 0 aromatic heterocycles. The van der Waals surface area contributed by atoms with E-state index in [2.05, 4.69) is 61.3 Å². The second kappa shape index (κ2) is 7.80. The van der Waals surface area contributed by atoms with Crippen LogP contribution in [0, 0.1) is 5.92 Å². The summed E-state index contributed by atoms with van der Waals surface area (Å²) >= 11 is 0. The molecule has 1 fully saturated rings. The molecule has 1 N–H and O–H groups in total. The second-order valence-corrected chi connectivity index (χ2v) is 6.34. The van der Waals surface area contributed by atoms with E-state index in [-0.39, 0.29) is 0 Å². The van der Waals surface area contributed by atoms with E-state index in [1.807, 2.05) is 0 Å². The Kier molecular flexibility index (Phi) is 6.06. The van der Waals surface area contributed by atoms with Crippen LogP contribution in [0.4, 0.5) is 0 Å². The van der Waals surface area contributed by atoms with Crippen molar-refractivity contribution < 1.29 is 0 Å². The lowest BCUT2D eigenvalue weighted by atomic mass is 10.0. The molecule has 20 heavy (non-hydrogen) atoms. The van der Waals surface area contributed by atoms with Crippen molar-refractivity contribution in [3.8, 4) is 0 Å². The standard InChI is InChI=1S/C18H30N2/c1-4-19-18(17-8-6-5-7-9-17)12-13-20(15(2)3)14-16-10-11-16/h5-9,15-16,18-19H,4,10-14H2,1-3H3. The van der Waals surface area contributed by atoms with E-state index in [1.54, 1.807) is 0 Å². The molecule has 0 amide bonds. The highest BCUT2D eigenvalue weighted by Gasteiger charge is 2.25. The third-order valence-electron chi connectivity index (χ3n) is 4.28. The van der Waals surface area contributed by atoms with Crippen molar-refractivity contribution in [3.63, 3.8) is 0 Å². The van der Waals surface area contributed by atoms with Crippen LogP contribution >= 0.6 is 0 Å². The summed E-state index contributed by atoms with van der Waals surface area (Å²) < 4.78 is 0. The van der Waals surface area contributed by atoms with E-state index in [0.29, 0.717) is 12.1 Å². The van der Waals surface area contributed by atoms with Crippen LogP contribution < -0.4 is 5.32 Å². The van der Waals surface area contributed by atoms with Crippen molar-refractivity contribution in [1.82, 2.24) is 10.2 Å². The highest BCUT2D eigenvalue weighted by molar-refractivity contribution is 5.18. The van der Waals surface area contributed by atoms with Gasteiger partial charge in [0.1, 0.15) is 0 Å². The largest absolute Gasteiger partial charge is 0.310 e. The maximum Gasteiger partial charge on any atom is 0.0332 e. The summed E-state index contributed by atoms with van der Waals surface area (Å²) in [6.45, 7) is 10.4. The summed E-state index contributed by atoms with van der Waals surface area (Å²) in [7, 11) is 0. The minimum atomic E-state index is 0.488. The van der Waals surface area contributed by atoms with Crippen LogP contribution in [0.2, 0.25) is 0 Å². The fraction of sp³-hybridized carbons (Fsp3) is 0.667. The summed E-state index contributed by atoms with van der Waals surface area (Å²) in [5.74, 6) is 0.978. The quantitative estimate of drug-likeness (QED) is 0.736. The Balaban J connectivity index is 1.89. The zero-order chi connectivity index (χ0) is 14.4. The Labute approximate surface area is 124 Å². The summed E-state index contributed by atoms with van der Waals surface area (Å²) in [5.41, 5.74) is 1.42. The van der Waals surface area contributed by atoms with E-state index in [0.717, 1.165) is 12.5 Å². The summed E-state index contributed by atoms with van der Waals surface area (Å²) in [6.07, 6.45) is 4.08. The molecule has 1 unspecified atom stereocenters. The number of hydrogen-bond donors (Lipinski definition) is 1. The van der Waals surface area contributed by atoms with Gasteiger partial charge in [-0.25, -0.2) is 0 Å². The monoisotopic (exact) mass is 274 g/mol. The molecule has 1 aliphatic rings. The van der Waals surface area contributed by atoms with Crippen molar-refractivity contribution in [1.29, 1.82) is 0 Å². The van der Waals surface area contributed by atoms with Crippen LogP contribution in [0.3, 0.4) is 0 Å². The molecule has 0 radical (unpaired) electrons. The van der Waals surface area contributed by atoms with E-state index in [9.17, 15) is 0 Å². The Hall–Kier alpha value is -0.860. The molecule has 0 spiro atoms. The van der Waals surface area contributed by atoms with Gasteiger partial charge < -0.3 is 10.2 Å². The van der Waals surface area contributed by atoms with Crippen LogP contribution in [0.15, 0.2) is 30.3 Å². The van der Waals surface area contributed by atoms with Crippen molar-refractivity contribution >= 4 is 0 Å². The van der Waals surface area contributed by atoms with Gasteiger partial charge in [0.25, 0.3) is 0 Å². The number of benzene rings is 1. The predicted molar refractivity (Wildman–Crippen MR) is 86.9 cm³/mol. The molecule has 0 saturated heterocycles. The molecule has 2 nitrogen and oxygen atoms in total. The SMILES string of the molecule is CCNC(CCN(CC1CC1)C(C)C)c1ccccc1. The molecule has 2 heteroatoms. The first-order valence-corrected chi connectivity index (χ1v) is 8.23. The van der Waals surface area contributed by atoms with Crippen LogP contribution in [0.25, 0.3) is 0 Å². The molecular weight excluding hydrogens is 244 g/mol. The Bertz CT molecular complexity index is 370. The van der Waals surface area contributed by atoms with Crippen LogP contribution in [-0.2, 0) is 0 Å². The lowest BCUT2D eigenvalue weighted by Crippen LogP contribution is -2.36. The minimum absolute atomic E-state index is 0.488. The fourth-order valence-electron chi connectivity index (χ4n) is 2.81. The molecule has 1 aromatic carbocycles. The average molecular weight is 274 g/mol. The first-order valence-electron chi connectivity index (χ1n) is 8.23. The van der Waals surface area contributed by atoms with Crippen molar-refractivity contribution in [2.75, 3.05) is 19.6 Å². The van der Waals surface area contributed by atoms with Gasteiger partial charge in [0.05, 0.1) is 0 Å². The third-order valence-corrected chi connectivity index (χ3v) is 4.28. The molecule has 0 aliphatic heterocycles. The van der Waals surface area contributed by atoms with Gasteiger partial charge in [0.2, 0.25) is 0 Å². The van der Waals surface area contributed by atoms with Gasteiger partial charge in [-0.05, 0) is 51.1 Å². The number of nitrogens with zero attached hydrogens (tertiary/aromatic N) is 1. The topological polar surface area (TPSA) is 15.3 Å². The van der Waals surface area contributed by atoms with Gasteiger partial charge in [0.15, 0.2) is 0 Å². The molecule has 0 bridgehead atoms. The highest BCUT2D eigenvalue weighted by atomic mass is 15.2. The maximum absolute atomic E-state index is 3.64. The Morgan fingerprint density at radius 3 is 2.45 bits per heavy atom. The van der Waals surface area contributed by atoms with Crippen molar-refractivity contribution in [2.24, 2.45) is 5.92 Å². The van der Waals surface area contributed by atoms with E-state index in [4.69, 9.17) is 0 Å². The van der Waals surface area contributed by atoms with E-state index < -0.39 is 0 Å². The fourth-order valence-corrected chi connectivity index (χ4v) is 2.81. The van der Waals surface area contributed by atoms with Gasteiger partial charge in [-0.3, -0.25) is 0 Å². The van der Waals surface area contributed by atoms with Crippen molar-refractivity contribution in [2.45, 2.75) is 52.1 Å². The third kappa shape index (κ3) is 4.92. The molecule has 112 valence electrons. The van der Waals surface area contributed by atoms with Gasteiger partial charge in [-0.2, -0.15) is 0 Å². The Morgan fingerprint density at radius 2 is 1.90 bits per heavy atom. The molecular formula is C18H30N2. The smallest absolute Gasteiger partial charge is 0.0332 e. The molecule has 1 aromatic rings. The zero-order valence-corrected chi connectivity index (χ0v) is 13.3. The van der Waals surface area contributed by atoms with Crippen LogP contribution in [0.5, 0.6) is 0 Å². The van der Waals surface area contributed by atoms with Gasteiger partial charge >= 0.3 is 0 Å². The Morgan fingerprint density at radius 1 is 1.20 bits per heavy atom. The van der Waals surface area contributed by atoms with Crippen LogP contribution in [-0.4, -0.2) is 30.6 Å². The highest BCUT2D eigenvalue weighted by Crippen LogP contribution is 2.30. The van der Waals surface area contributed by atoms with Crippen molar-refractivity contribution in [3.05, 3.63) is 35.9 Å². The van der Waals surface area contributed by atoms with E-state index >= 15 is 0 Å². The number of nitrogens with one attached hydrogen (secondary N) is 1. The first-order chi connectivity index (χ1) is 9.70. The molecule has 0 heterocycles. The summed E-state index contributed by atoms with van der Waals surface area (Å²) in [5, 5.41) is 3.64. The number of hydrogen-bond acceptors (Lipinski definition) is 2. The molecule has 2 rings (SSSR count). The summed E-state index contributed by atoms with van der Waals surface area (Å²) in [6, 6.07) is 12.0. The predicted octanol–water partition coefficient (Wildman–Crippen LogP) is 3.85.